The van der Waals surface area contributed by atoms with Crippen LogP contribution in [-0.4, -0.2) is 17.0 Å². The van der Waals surface area contributed by atoms with E-state index in [1.807, 2.05) is 32.9 Å². The topological polar surface area (TPSA) is 66.4 Å². The first-order valence-electron chi connectivity index (χ1n) is 9.94. The molecular weight excluding hydrogens is 455 g/mol. The van der Waals surface area contributed by atoms with Crippen LogP contribution < -0.4 is 5.32 Å². The summed E-state index contributed by atoms with van der Waals surface area (Å²) >= 11 is 6.30. The van der Waals surface area contributed by atoms with E-state index in [0.717, 1.165) is 17.7 Å². The highest BCUT2D eigenvalue weighted by Crippen LogP contribution is 2.36. The second-order valence-corrected chi connectivity index (χ2v) is 8.95. The van der Waals surface area contributed by atoms with Crippen LogP contribution in [0.2, 0.25) is 5.02 Å². The Kier molecular flexibility index (Phi) is 6.56. The number of carboxylic acid groups (broad SMARTS) is 1. The summed E-state index contributed by atoms with van der Waals surface area (Å²) in [6.07, 6.45) is -4.49. The molecule has 33 heavy (non-hydrogen) atoms. The Morgan fingerprint density at radius 2 is 1.42 bits per heavy atom. The number of amides is 1. The van der Waals surface area contributed by atoms with Crippen LogP contribution in [-0.2, 0) is 11.6 Å². The number of hydrogen-bond acceptors (Lipinski definition) is 2. The molecule has 0 heterocycles. The van der Waals surface area contributed by atoms with Gasteiger partial charge in [0, 0.05) is 11.1 Å². The average molecular weight is 476 g/mol. The van der Waals surface area contributed by atoms with Gasteiger partial charge in [-0.15, -0.1) is 0 Å². The van der Waals surface area contributed by atoms with Crippen LogP contribution in [0.5, 0.6) is 0 Å². The fourth-order valence-electron chi connectivity index (χ4n) is 3.23. The van der Waals surface area contributed by atoms with Crippen molar-refractivity contribution in [3.63, 3.8) is 0 Å². The summed E-state index contributed by atoms with van der Waals surface area (Å²) in [6.45, 7) is 6.13. The van der Waals surface area contributed by atoms with Crippen molar-refractivity contribution in [3.8, 4) is 11.1 Å². The summed E-state index contributed by atoms with van der Waals surface area (Å²) in [4.78, 5) is 24.5. The first-order chi connectivity index (χ1) is 15.3. The number of hydrogen-bond donors (Lipinski definition) is 2. The molecular formula is C25H21ClF3NO3. The molecule has 3 aromatic rings. The molecule has 0 spiro atoms. The summed E-state index contributed by atoms with van der Waals surface area (Å²) in [5, 5.41) is 12.3. The van der Waals surface area contributed by atoms with Crippen molar-refractivity contribution >= 4 is 29.2 Å². The standard InChI is InChI=1S/C25H21ClF3NO3/c1-24(2,3)16-8-6-15(7-9-16)22(31)30-21-13-20(26)18(12-19(21)23(32)33)14-4-10-17(11-5-14)25(27,28)29/h4-13H,1-3H3,(H,30,31)(H,32,33). The zero-order valence-electron chi connectivity index (χ0n) is 18.0. The van der Waals surface area contributed by atoms with Gasteiger partial charge in [0.15, 0.2) is 0 Å². The Morgan fingerprint density at radius 3 is 1.91 bits per heavy atom. The first kappa shape index (κ1) is 24.3. The second kappa shape index (κ2) is 8.90. The van der Waals surface area contributed by atoms with Crippen molar-refractivity contribution in [1.82, 2.24) is 0 Å². The van der Waals surface area contributed by atoms with E-state index in [4.69, 9.17) is 11.6 Å². The molecule has 3 rings (SSSR count). The molecule has 0 atom stereocenters. The van der Waals surface area contributed by atoms with Crippen molar-refractivity contribution < 1.29 is 27.9 Å². The van der Waals surface area contributed by atoms with Crippen LogP contribution in [0.3, 0.4) is 0 Å². The molecule has 0 radical (unpaired) electrons. The lowest BCUT2D eigenvalue weighted by Crippen LogP contribution is -2.16. The minimum Gasteiger partial charge on any atom is -0.478 e. The minimum atomic E-state index is -4.49. The fraction of sp³-hybridized carbons (Fsp3) is 0.200. The Labute approximate surface area is 194 Å². The number of carbonyl (C=O) groups excluding carboxylic acids is 1. The maximum atomic E-state index is 12.8. The van der Waals surface area contributed by atoms with Crippen molar-refractivity contribution in [2.75, 3.05) is 5.32 Å². The van der Waals surface area contributed by atoms with Gasteiger partial charge in [0.05, 0.1) is 21.8 Å². The number of aromatic carboxylic acids is 1. The van der Waals surface area contributed by atoms with Crippen LogP contribution >= 0.6 is 11.6 Å². The SMILES string of the molecule is CC(C)(C)c1ccc(C(=O)Nc2cc(Cl)c(-c3ccc(C(F)(F)F)cc3)cc2C(=O)O)cc1. The number of nitrogens with one attached hydrogen (secondary N) is 1. The molecule has 3 aromatic carbocycles. The van der Waals surface area contributed by atoms with Crippen LogP contribution in [0.15, 0.2) is 60.7 Å². The smallest absolute Gasteiger partial charge is 0.416 e. The van der Waals surface area contributed by atoms with Gasteiger partial charge in [-0.1, -0.05) is 56.6 Å². The fourth-order valence-corrected chi connectivity index (χ4v) is 3.50. The van der Waals surface area contributed by atoms with Gasteiger partial charge in [-0.25, -0.2) is 4.79 Å². The predicted molar refractivity (Wildman–Crippen MR) is 122 cm³/mol. The zero-order chi connectivity index (χ0) is 24.6. The van der Waals surface area contributed by atoms with E-state index in [1.165, 1.54) is 24.3 Å². The van der Waals surface area contributed by atoms with E-state index in [0.29, 0.717) is 11.1 Å². The van der Waals surface area contributed by atoms with Gasteiger partial charge >= 0.3 is 12.1 Å². The van der Waals surface area contributed by atoms with Crippen LogP contribution in [0.4, 0.5) is 18.9 Å². The van der Waals surface area contributed by atoms with Crippen LogP contribution in [0, 0.1) is 0 Å². The molecule has 2 N–H and O–H groups in total. The van der Waals surface area contributed by atoms with E-state index in [2.05, 4.69) is 5.32 Å². The predicted octanol–water partition coefficient (Wildman–Crippen LogP) is 7.27. The quantitative estimate of drug-likeness (QED) is 0.417. The van der Waals surface area contributed by atoms with E-state index < -0.39 is 23.6 Å². The summed E-state index contributed by atoms with van der Waals surface area (Å²) in [5.74, 6) is -1.84. The molecule has 0 saturated carbocycles. The van der Waals surface area contributed by atoms with Gasteiger partial charge in [0.25, 0.3) is 5.91 Å². The zero-order valence-corrected chi connectivity index (χ0v) is 18.8. The van der Waals surface area contributed by atoms with Crippen LogP contribution in [0.25, 0.3) is 11.1 Å². The van der Waals surface area contributed by atoms with Gasteiger partial charge in [0.2, 0.25) is 0 Å². The van der Waals surface area contributed by atoms with Gasteiger partial charge in [0.1, 0.15) is 0 Å². The highest BCUT2D eigenvalue weighted by molar-refractivity contribution is 6.34. The van der Waals surface area contributed by atoms with Gasteiger partial charge in [-0.2, -0.15) is 13.2 Å². The van der Waals surface area contributed by atoms with Crippen molar-refractivity contribution in [2.24, 2.45) is 0 Å². The maximum absolute atomic E-state index is 12.8. The molecule has 0 saturated heterocycles. The highest BCUT2D eigenvalue weighted by Gasteiger charge is 2.30. The molecule has 0 aliphatic rings. The Balaban J connectivity index is 1.93. The molecule has 172 valence electrons. The van der Waals surface area contributed by atoms with Crippen molar-refractivity contribution in [2.45, 2.75) is 32.4 Å². The number of halogens is 4. The average Bonchev–Trinajstić information content (AvgIpc) is 2.72. The molecule has 0 aliphatic heterocycles. The minimum absolute atomic E-state index is 0.0203. The highest BCUT2D eigenvalue weighted by atomic mass is 35.5. The number of carboxylic acids is 1. The molecule has 0 fully saturated rings. The van der Waals surface area contributed by atoms with E-state index in [1.54, 1.807) is 12.1 Å². The third kappa shape index (κ3) is 5.54. The largest absolute Gasteiger partial charge is 0.478 e. The van der Waals surface area contributed by atoms with Gasteiger partial charge < -0.3 is 10.4 Å². The molecule has 0 aromatic heterocycles. The molecule has 0 unspecified atom stereocenters. The lowest BCUT2D eigenvalue weighted by Gasteiger charge is -2.19. The normalized spacial score (nSPS) is 11.8. The summed E-state index contributed by atoms with van der Waals surface area (Å²) < 4.78 is 38.5. The number of anilines is 1. The van der Waals surface area contributed by atoms with E-state index in [-0.39, 0.29) is 27.3 Å². The molecule has 0 bridgehead atoms. The number of carbonyl (C=O) groups is 2. The number of alkyl halides is 3. The Morgan fingerprint density at radius 1 is 0.879 bits per heavy atom. The third-order valence-corrected chi connectivity index (χ3v) is 5.43. The number of benzene rings is 3. The monoisotopic (exact) mass is 475 g/mol. The summed E-state index contributed by atoms with van der Waals surface area (Å²) in [7, 11) is 0. The van der Waals surface area contributed by atoms with E-state index >= 15 is 0 Å². The molecule has 1 amide bonds. The van der Waals surface area contributed by atoms with Crippen molar-refractivity contribution in [3.05, 3.63) is 87.9 Å². The molecule has 0 aliphatic carbocycles. The van der Waals surface area contributed by atoms with Crippen molar-refractivity contribution in [1.29, 1.82) is 0 Å². The van der Waals surface area contributed by atoms with Gasteiger partial charge in [-0.05, 0) is 52.9 Å². The molecule has 4 nitrogen and oxygen atoms in total. The second-order valence-electron chi connectivity index (χ2n) is 8.54. The number of rotatable bonds is 4. The van der Waals surface area contributed by atoms with Gasteiger partial charge in [-0.3, -0.25) is 4.79 Å². The summed E-state index contributed by atoms with van der Waals surface area (Å²) in [6, 6.07) is 13.7. The maximum Gasteiger partial charge on any atom is 0.416 e. The third-order valence-electron chi connectivity index (χ3n) is 5.12. The Bertz CT molecular complexity index is 1200. The summed E-state index contributed by atoms with van der Waals surface area (Å²) in [5.41, 5.74) is 0.731. The molecule has 8 heteroatoms. The lowest BCUT2D eigenvalue weighted by atomic mass is 9.86. The van der Waals surface area contributed by atoms with Crippen LogP contribution in [0.1, 0.15) is 52.6 Å². The first-order valence-corrected chi connectivity index (χ1v) is 10.3. The Hall–Kier alpha value is -3.32. The lowest BCUT2D eigenvalue weighted by molar-refractivity contribution is -0.137. The van der Waals surface area contributed by atoms with E-state index in [9.17, 15) is 27.9 Å².